The fourth-order valence-electron chi connectivity index (χ4n) is 4.38. The molecule has 0 bridgehead atoms. The van der Waals surface area contributed by atoms with E-state index in [9.17, 15) is 9.59 Å². The lowest BCUT2D eigenvalue weighted by Crippen LogP contribution is -2.46. The van der Waals surface area contributed by atoms with E-state index >= 15 is 0 Å². The standard InChI is InChI=1S/C23H34N2O3/c1-2-28-21-11-9-19(10-12-21)23(27)25-16-14-20(15-17-25)24-22(26)13-8-18-6-4-3-5-7-18/h9-12,18,20H,2-8,13-17H2,1H3,(H,24,26). The predicted molar refractivity (Wildman–Crippen MR) is 110 cm³/mol. The van der Waals surface area contributed by atoms with Gasteiger partial charge in [0.05, 0.1) is 6.61 Å². The largest absolute Gasteiger partial charge is 0.494 e. The van der Waals surface area contributed by atoms with Crippen LogP contribution in [0, 0.1) is 5.92 Å². The molecule has 28 heavy (non-hydrogen) atoms. The van der Waals surface area contributed by atoms with Crippen molar-refractivity contribution < 1.29 is 14.3 Å². The zero-order valence-electron chi connectivity index (χ0n) is 17.1. The summed E-state index contributed by atoms with van der Waals surface area (Å²) in [7, 11) is 0. The van der Waals surface area contributed by atoms with Crippen LogP contribution >= 0.6 is 0 Å². The maximum atomic E-state index is 12.7. The lowest BCUT2D eigenvalue weighted by Gasteiger charge is -2.32. The van der Waals surface area contributed by atoms with Crippen molar-refractivity contribution in [2.45, 2.75) is 70.8 Å². The van der Waals surface area contributed by atoms with E-state index in [4.69, 9.17) is 4.74 Å². The highest BCUT2D eigenvalue weighted by atomic mass is 16.5. The second-order valence-electron chi connectivity index (χ2n) is 8.13. The molecule has 1 aromatic carbocycles. The molecule has 1 aromatic rings. The van der Waals surface area contributed by atoms with Crippen LogP contribution in [-0.2, 0) is 4.79 Å². The van der Waals surface area contributed by atoms with Crippen molar-refractivity contribution in [3.8, 4) is 5.75 Å². The van der Waals surface area contributed by atoms with Gasteiger partial charge in [0.15, 0.2) is 0 Å². The molecular formula is C23H34N2O3. The van der Waals surface area contributed by atoms with Gasteiger partial charge in [0.1, 0.15) is 5.75 Å². The molecule has 0 atom stereocenters. The first kappa shape index (κ1) is 20.7. The fraction of sp³-hybridized carbons (Fsp3) is 0.652. The summed E-state index contributed by atoms with van der Waals surface area (Å²) in [6.07, 6.45) is 9.93. The van der Waals surface area contributed by atoms with Gasteiger partial charge in [0.2, 0.25) is 5.91 Å². The Bertz CT molecular complexity index is 630. The molecular weight excluding hydrogens is 352 g/mol. The number of nitrogens with zero attached hydrogens (tertiary/aromatic N) is 1. The van der Waals surface area contributed by atoms with Crippen LogP contribution in [0.15, 0.2) is 24.3 Å². The van der Waals surface area contributed by atoms with Gasteiger partial charge in [0, 0.05) is 31.1 Å². The Morgan fingerprint density at radius 3 is 2.36 bits per heavy atom. The topological polar surface area (TPSA) is 58.6 Å². The van der Waals surface area contributed by atoms with E-state index in [1.54, 1.807) is 0 Å². The number of hydrogen-bond donors (Lipinski definition) is 1. The molecule has 3 rings (SSSR count). The third-order valence-electron chi connectivity index (χ3n) is 6.06. The summed E-state index contributed by atoms with van der Waals surface area (Å²) in [6, 6.07) is 7.54. The SMILES string of the molecule is CCOc1ccc(C(=O)N2CCC(NC(=O)CCC3CCCCC3)CC2)cc1. The second-order valence-corrected chi connectivity index (χ2v) is 8.13. The number of piperidine rings is 1. The molecule has 1 saturated carbocycles. The smallest absolute Gasteiger partial charge is 0.253 e. The highest BCUT2D eigenvalue weighted by molar-refractivity contribution is 5.94. The number of carbonyl (C=O) groups is 2. The number of ether oxygens (including phenoxy) is 1. The van der Waals surface area contributed by atoms with E-state index in [2.05, 4.69) is 5.32 Å². The third-order valence-corrected chi connectivity index (χ3v) is 6.06. The maximum Gasteiger partial charge on any atom is 0.253 e. The summed E-state index contributed by atoms with van der Waals surface area (Å²) in [5.74, 6) is 1.77. The molecule has 2 fully saturated rings. The average Bonchev–Trinajstić information content (AvgIpc) is 2.74. The number of benzene rings is 1. The Kier molecular flexibility index (Phi) is 7.75. The van der Waals surface area contributed by atoms with Crippen molar-refractivity contribution in [1.29, 1.82) is 0 Å². The molecule has 1 saturated heterocycles. The Morgan fingerprint density at radius 1 is 1.04 bits per heavy atom. The zero-order chi connectivity index (χ0) is 19.8. The monoisotopic (exact) mass is 386 g/mol. The number of nitrogens with one attached hydrogen (secondary N) is 1. The molecule has 1 N–H and O–H groups in total. The lowest BCUT2D eigenvalue weighted by molar-refractivity contribution is -0.122. The molecule has 5 nitrogen and oxygen atoms in total. The summed E-state index contributed by atoms with van der Waals surface area (Å²) >= 11 is 0. The zero-order valence-corrected chi connectivity index (χ0v) is 17.1. The van der Waals surface area contributed by atoms with Crippen molar-refractivity contribution in [2.24, 2.45) is 5.92 Å². The molecule has 0 aromatic heterocycles. The molecule has 5 heteroatoms. The third kappa shape index (κ3) is 5.98. The molecule has 154 valence electrons. The average molecular weight is 387 g/mol. The van der Waals surface area contributed by atoms with Gasteiger partial charge in [-0.1, -0.05) is 32.1 Å². The summed E-state index contributed by atoms with van der Waals surface area (Å²) in [6.45, 7) is 3.95. The van der Waals surface area contributed by atoms with Crippen LogP contribution < -0.4 is 10.1 Å². The molecule has 0 radical (unpaired) electrons. The number of rotatable bonds is 7. The van der Waals surface area contributed by atoms with E-state index in [0.29, 0.717) is 31.7 Å². The highest BCUT2D eigenvalue weighted by Gasteiger charge is 2.25. The van der Waals surface area contributed by atoms with E-state index in [-0.39, 0.29) is 17.9 Å². The summed E-state index contributed by atoms with van der Waals surface area (Å²) in [5, 5.41) is 3.19. The van der Waals surface area contributed by atoms with Crippen molar-refractivity contribution >= 4 is 11.8 Å². The molecule has 1 heterocycles. The Hall–Kier alpha value is -2.04. The van der Waals surface area contributed by atoms with Crippen LogP contribution in [0.3, 0.4) is 0 Å². The van der Waals surface area contributed by atoms with Gasteiger partial charge in [-0.3, -0.25) is 9.59 Å². The van der Waals surface area contributed by atoms with Gasteiger partial charge >= 0.3 is 0 Å². The second kappa shape index (κ2) is 10.5. The van der Waals surface area contributed by atoms with Crippen LogP contribution in [0.25, 0.3) is 0 Å². The van der Waals surface area contributed by atoms with Gasteiger partial charge in [-0.25, -0.2) is 0 Å². The van der Waals surface area contributed by atoms with Gasteiger partial charge < -0.3 is 15.0 Å². The Labute approximate surface area is 168 Å². The first-order chi connectivity index (χ1) is 13.7. The summed E-state index contributed by atoms with van der Waals surface area (Å²) < 4.78 is 5.43. The van der Waals surface area contributed by atoms with Crippen LogP contribution in [0.4, 0.5) is 0 Å². The van der Waals surface area contributed by atoms with Gasteiger partial charge in [-0.15, -0.1) is 0 Å². The quantitative estimate of drug-likeness (QED) is 0.765. The van der Waals surface area contributed by atoms with Crippen molar-refractivity contribution in [1.82, 2.24) is 10.2 Å². The minimum absolute atomic E-state index is 0.0603. The molecule has 2 aliphatic rings. The van der Waals surface area contributed by atoms with E-state index in [0.717, 1.165) is 30.9 Å². The van der Waals surface area contributed by atoms with Crippen LogP contribution in [0.5, 0.6) is 5.75 Å². The minimum Gasteiger partial charge on any atom is -0.494 e. The normalized spacial score (nSPS) is 18.7. The molecule has 0 spiro atoms. The number of likely N-dealkylation sites (tertiary alicyclic amines) is 1. The number of hydrogen-bond acceptors (Lipinski definition) is 3. The van der Waals surface area contributed by atoms with Gasteiger partial charge in [-0.05, 0) is 56.4 Å². The van der Waals surface area contributed by atoms with Crippen molar-refractivity contribution in [2.75, 3.05) is 19.7 Å². The Morgan fingerprint density at radius 2 is 1.71 bits per heavy atom. The van der Waals surface area contributed by atoms with E-state index in [1.165, 1.54) is 32.1 Å². The first-order valence-corrected chi connectivity index (χ1v) is 11.0. The molecule has 2 amide bonds. The first-order valence-electron chi connectivity index (χ1n) is 11.0. The predicted octanol–water partition coefficient (Wildman–Crippen LogP) is 4.17. The van der Waals surface area contributed by atoms with E-state index in [1.807, 2.05) is 36.1 Å². The summed E-state index contributed by atoms with van der Waals surface area (Å²) in [4.78, 5) is 26.8. The maximum absolute atomic E-state index is 12.7. The van der Waals surface area contributed by atoms with Crippen molar-refractivity contribution in [3.05, 3.63) is 29.8 Å². The lowest BCUT2D eigenvalue weighted by atomic mass is 9.86. The molecule has 0 unspecified atom stereocenters. The van der Waals surface area contributed by atoms with Gasteiger partial charge in [-0.2, -0.15) is 0 Å². The Balaban J connectivity index is 1.38. The van der Waals surface area contributed by atoms with Gasteiger partial charge in [0.25, 0.3) is 5.91 Å². The number of carbonyl (C=O) groups excluding carboxylic acids is 2. The fourth-order valence-corrected chi connectivity index (χ4v) is 4.38. The van der Waals surface area contributed by atoms with Crippen LogP contribution in [-0.4, -0.2) is 42.5 Å². The highest BCUT2D eigenvalue weighted by Crippen LogP contribution is 2.27. The van der Waals surface area contributed by atoms with E-state index < -0.39 is 0 Å². The summed E-state index contributed by atoms with van der Waals surface area (Å²) in [5.41, 5.74) is 0.693. The van der Waals surface area contributed by atoms with Crippen LogP contribution in [0.2, 0.25) is 0 Å². The molecule has 1 aliphatic carbocycles. The molecule has 1 aliphatic heterocycles. The van der Waals surface area contributed by atoms with Crippen LogP contribution in [0.1, 0.15) is 75.1 Å². The minimum atomic E-state index is 0.0603. The van der Waals surface area contributed by atoms with Crippen molar-refractivity contribution in [3.63, 3.8) is 0 Å². The number of amides is 2.